The van der Waals surface area contributed by atoms with Crippen LogP contribution in [0.2, 0.25) is 0 Å². The summed E-state index contributed by atoms with van der Waals surface area (Å²) in [6.07, 6.45) is 3.94. The number of benzene rings is 1. The van der Waals surface area contributed by atoms with Gasteiger partial charge in [-0.2, -0.15) is 0 Å². The zero-order valence-electron chi connectivity index (χ0n) is 10.1. The highest BCUT2D eigenvalue weighted by atomic mass is 79.9. The van der Waals surface area contributed by atoms with E-state index in [1.807, 2.05) is 19.4 Å². The second-order valence-corrected chi connectivity index (χ2v) is 7.39. The highest BCUT2D eigenvalue weighted by Crippen LogP contribution is 2.33. The van der Waals surface area contributed by atoms with Crippen LogP contribution < -0.4 is 5.32 Å². The maximum Gasteiger partial charge on any atom is 0.176 e. The first-order valence-electron chi connectivity index (χ1n) is 5.11. The second-order valence-electron chi connectivity index (χ2n) is 3.73. The number of hydrogen-bond acceptors (Lipinski definition) is 4. The summed E-state index contributed by atoms with van der Waals surface area (Å²) < 4.78 is 24.3. The molecule has 0 saturated heterocycles. The van der Waals surface area contributed by atoms with Crippen LogP contribution in [-0.4, -0.2) is 34.5 Å². The Morgan fingerprint density at radius 3 is 2.53 bits per heavy atom. The van der Waals surface area contributed by atoms with Gasteiger partial charge in [0.15, 0.2) is 9.84 Å². The normalized spacial score (nSPS) is 11.8. The summed E-state index contributed by atoms with van der Waals surface area (Å²) in [4.78, 5) is 1.19. The second kappa shape index (κ2) is 6.22. The van der Waals surface area contributed by atoms with Crippen LogP contribution in [0.15, 0.2) is 26.4 Å². The highest BCUT2D eigenvalue weighted by molar-refractivity contribution is 9.10. The van der Waals surface area contributed by atoms with Gasteiger partial charge in [0, 0.05) is 15.6 Å². The third-order valence-electron chi connectivity index (χ3n) is 2.34. The predicted octanol–water partition coefficient (Wildman–Crippen LogP) is 2.34. The average Bonchev–Trinajstić information content (AvgIpc) is 2.24. The lowest BCUT2D eigenvalue weighted by molar-refractivity contribution is 0.599. The smallest absolute Gasteiger partial charge is 0.176 e. The highest BCUT2D eigenvalue weighted by Gasteiger charge is 2.16. The van der Waals surface area contributed by atoms with Crippen LogP contribution in [0, 0.1) is 0 Å². The predicted molar refractivity (Wildman–Crippen MR) is 76.7 cm³/mol. The Hall–Kier alpha value is -0.0400. The third kappa shape index (κ3) is 3.98. The number of halogens is 1. The molecular weight excluding hydrogens is 322 g/mol. The van der Waals surface area contributed by atoms with Crippen LogP contribution in [0.25, 0.3) is 0 Å². The van der Waals surface area contributed by atoms with Crippen molar-refractivity contribution in [2.45, 2.75) is 16.2 Å². The molecule has 3 nitrogen and oxygen atoms in total. The van der Waals surface area contributed by atoms with Gasteiger partial charge in [0.05, 0.1) is 4.90 Å². The third-order valence-corrected chi connectivity index (χ3v) is 5.32. The number of thioether (sulfide) groups is 1. The number of likely N-dealkylation sites (N-methyl/N-ethyl adjacent to an activating group) is 1. The molecule has 0 heterocycles. The summed E-state index contributed by atoms with van der Waals surface area (Å²) in [5, 5.41) is 3.05. The minimum atomic E-state index is -3.19. The van der Waals surface area contributed by atoms with Crippen LogP contribution in [-0.2, 0) is 16.3 Å². The largest absolute Gasteiger partial charge is 0.319 e. The lowest BCUT2D eigenvalue weighted by Gasteiger charge is -2.11. The fraction of sp³-hybridized carbons (Fsp3) is 0.455. The molecule has 1 aromatic carbocycles. The molecule has 0 aliphatic rings. The Morgan fingerprint density at radius 1 is 1.41 bits per heavy atom. The zero-order chi connectivity index (χ0) is 13.1. The van der Waals surface area contributed by atoms with Crippen LogP contribution >= 0.6 is 27.7 Å². The molecule has 96 valence electrons. The number of sulfone groups is 1. The summed E-state index contributed by atoms with van der Waals surface area (Å²) in [6, 6.07) is 3.75. The molecule has 0 saturated carbocycles. The van der Waals surface area contributed by atoms with Crippen molar-refractivity contribution in [1.29, 1.82) is 0 Å². The van der Waals surface area contributed by atoms with Crippen molar-refractivity contribution in [3.63, 3.8) is 0 Å². The van der Waals surface area contributed by atoms with Gasteiger partial charge in [0.1, 0.15) is 0 Å². The minimum absolute atomic E-state index is 0.408. The molecule has 0 radical (unpaired) electrons. The van der Waals surface area contributed by atoms with Crippen molar-refractivity contribution < 1.29 is 8.42 Å². The Morgan fingerprint density at radius 2 is 2.06 bits per heavy atom. The fourth-order valence-corrected chi connectivity index (χ4v) is 4.66. The van der Waals surface area contributed by atoms with Crippen molar-refractivity contribution in [2.75, 3.05) is 26.1 Å². The fourth-order valence-electron chi connectivity index (χ4n) is 1.51. The molecule has 6 heteroatoms. The summed E-state index contributed by atoms with van der Waals surface area (Å²) in [5.41, 5.74) is 1.02. The molecule has 17 heavy (non-hydrogen) atoms. The van der Waals surface area contributed by atoms with E-state index in [2.05, 4.69) is 21.2 Å². The van der Waals surface area contributed by atoms with Crippen molar-refractivity contribution >= 4 is 37.5 Å². The lowest BCUT2D eigenvalue weighted by atomic mass is 10.1. The Labute approximate surface area is 115 Å². The van der Waals surface area contributed by atoms with Crippen molar-refractivity contribution in [2.24, 2.45) is 0 Å². The first-order chi connectivity index (χ1) is 7.90. The average molecular weight is 338 g/mol. The van der Waals surface area contributed by atoms with E-state index < -0.39 is 9.84 Å². The quantitative estimate of drug-likeness (QED) is 0.837. The van der Waals surface area contributed by atoms with E-state index in [4.69, 9.17) is 0 Å². The van der Waals surface area contributed by atoms with Gasteiger partial charge in [-0.1, -0.05) is 0 Å². The standard InChI is InChI=1S/C11H16BrNO2S2/c1-13-5-4-8-6-9(12)11(16-2)10(7-8)17(3,14)15/h6-7,13H,4-5H2,1-3H3. The summed E-state index contributed by atoms with van der Waals surface area (Å²) in [7, 11) is -1.31. The van der Waals surface area contributed by atoms with Crippen LogP contribution in [0.4, 0.5) is 0 Å². The molecule has 0 unspecified atom stereocenters. The number of hydrogen-bond donors (Lipinski definition) is 1. The van der Waals surface area contributed by atoms with Crippen LogP contribution in [0.3, 0.4) is 0 Å². The van der Waals surface area contributed by atoms with Gasteiger partial charge in [-0.05, 0) is 59.9 Å². The molecule has 0 aliphatic heterocycles. The van der Waals surface area contributed by atoms with Gasteiger partial charge >= 0.3 is 0 Å². The Bertz CT molecular complexity index is 500. The molecule has 0 atom stereocenters. The van der Waals surface area contributed by atoms with Crippen molar-refractivity contribution in [3.8, 4) is 0 Å². The molecule has 1 rings (SSSR count). The van der Waals surface area contributed by atoms with Gasteiger partial charge in [-0.15, -0.1) is 11.8 Å². The van der Waals surface area contributed by atoms with Gasteiger partial charge in [0.25, 0.3) is 0 Å². The monoisotopic (exact) mass is 337 g/mol. The molecule has 0 spiro atoms. The Kier molecular flexibility index (Phi) is 5.50. The molecule has 0 fully saturated rings. The molecule has 0 aliphatic carbocycles. The summed E-state index contributed by atoms with van der Waals surface area (Å²) >= 11 is 4.88. The van der Waals surface area contributed by atoms with Crippen LogP contribution in [0.1, 0.15) is 5.56 Å². The van der Waals surface area contributed by atoms with E-state index in [1.54, 1.807) is 6.07 Å². The maximum absolute atomic E-state index is 11.7. The number of nitrogens with one attached hydrogen (secondary N) is 1. The SMILES string of the molecule is CNCCc1cc(Br)c(SC)c(S(C)(=O)=O)c1. The maximum atomic E-state index is 11.7. The topological polar surface area (TPSA) is 46.2 Å². The molecule has 0 aromatic heterocycles. The van der Waals surface area contributed by atoms with E-state index in [-0.39, 0.29) is 0 Å². The van der Waals surface area contributed by atoms with Gasteiger partial charge < -0.3 is 5.32 Å². The molecular formula is C11H16BrNO2S2. The summed E-state index contributed by atoms with van der Waals surface area (Å²) in [5.74, 6) is 0. The van der Waals surface area contributed by atoms with E-state index >= 15 is 0 Å². The van der Waals surface area contributed by atoms with Crippen molar-refractivity contribution in [3.05, 3.63) is 22.2 Å². The summed E-state index contributed by atoms with van der Waals surface area (Å²) in [6.45, 7) is 0.828. The minimum Gasteiger partial charge on any atom is -0.319 e. The van der Waals surface area contributed by atoms with E-state index in [0.29, 0.717) is 4.90 Å². The van der Waals surface area contributed by atoms with E-state index in [0.717, 1.165) is 27.9 Å². The number of rotatable bonds is 5. The van der Waals surface area contributed by atoms with Crippen molar-refractivity contribution in [1.82, 2.24) is 5.32 Å². The lowest BCUT2D eigenvalue weighted by Crippen LogP contribution is -2.11. The first-order valence-corrected chi connectivity index (χ1v) is 9.02. The van der Waals surface area contributed by atoms with E-state index in [1.165, 1.54) is 18.0 Å². The molecule has 1 aromatic rings. The molecule has 0 amide bonds. The van der Waals surface area contributed by atoms with Crippen LogP contribution in [0.5, 0.6) is 0 Å². The van der Waals surface area contributed by atoms with Gasteiger partial charge in [0.2, 0.25) is 0 Å². The van der Waals surface area contributed by atoms with Gasteiger partial charge in [-0.3, -0.25) is 0 Å². The van der Waals surface area contributed by atoms with E-state index in [9.17, 15) is 8.42 Å². The first kappa shape index (κ1) is 15.0. The molecule has 0 bridgehead atoms. The molecule has 1 N–H and O–H groups in total. The zero-order valence-corrected chi connectivity index (χ0v) is 13.3. The Balaban J connectivity index is 3.29. The van der Waals surface area contributed by atoms with Gasteiger partial charge in [-0.25, -0.2) is 8.42 Å².